The largest absolute Gasteiger partial charge is 0.492 e. The number of nitrogens with one attached hydrogen (secondary N) is 1. The molecule has 114 valence electrons. The minimum atomic E-state index is -0.0457. The molecule has 1 aliphatic rings. The molecular weight excluding hydrogens is 274 g/mol. The van der Waals surface area contributed by atoms with Crippen LogP contribution in [0.15, 0.2) is 42.5 Å². The fraction of sp³-hybridized carbons (Fsp3) is 0.316. The first-order valence-electron chi connectivity index (χ1n) is 7.82. The molecule has 0 heterocycles. The Kier molecular flexibility index (Phi) is 4.42. The summed E-state index contributed by atoms with van der Waals surface area (Å²) < 4.78 is 5.73. The smallest absolute Gasteiger partial charge is 0.251 e. The molecule has 2 aromatic rings. The fourth-order valence-electron chi connectivity index (χ4n) is 2.89. The number of hydrogen-bond donors (Lipinski definition) is 1. The number of carbonyl (C=O) groups is 1. The number of amides is 1. The first-order valence-corrected chi connectivity index (χ1v) is 7.82. The highest BCUT2D eigenvalue weighted by Crippen LogP contribution is 2.25. The van der Waals surface area contributed by atoms with Gasteiger partial charge in [-0.1, -0.05) is 24.3 Å². The van der Waals surface area contributed by atoms with Crippen LogP contribution in [-0.4, -0.2) is 19.1 Å². The summed E-state index contributed by atoms with van der Waals surface area (Å²) in [5.74, 6) is 0.849. The number of carbonyl (C=O) groups excluding carboxylic acids is 1. The second kappa shape index (κ2) is 6.65. The maximum absolute atomic E-state index is 12.1. The summed E-state index contributed by atoms with van der Waals surface area (Å²) in [6, 6.07) is 13.9. The van der Waals surface area contributed by atoms with Gasteiger partial charge in [-0.2, -0.15) is 0 Å². The first-order chi connectivity index (χ1) is 10.7. The van der Waals surface area contributed by atoms with Crippen LogP contribution in [0, 0.1) is 6.92 Å². The number of rotatable bonds is 5. The molecule has 22 heavy (non-hydrogen) atoms. The van der Waals surface area contributed by atoms with Gasteiger partial charge in [0.25, 0.3) is 5.91 Å². The topological polar surface area (TPSA) is 38.3 Å². The summed E-state index contributed by atoms with van der Waals surface area (Å²) in [4.78, 5) is 12.1. The lowest BCUT2D eigenvalue weighted by atomic mass is 10.1. The van der Waals surface area contributed by atoms with Crippen LogP contribution in [0.5, 0.6) is 5.75 Å². The van der Waals surface area contributed by atoms with Gasteiger partial charge in [0.1, 0.15) is 12.4 Å². The Labute approximate surface area is 131 Å². The first kappa shape index (κ1) is 14.6. The fourth-order valence-corrected chi connectivity index (χ4v) is 2.89. The van der Waals surface area contributed by atoms with Crippen molar-refractivity contribution in [1.82, 2.24) is 5.32 Å². The zero-order valence-electron chi connectivity index (χ0n) is 12.9. The van der Waals surface area contributed by atoms with Gasteiger partial charge < -0.3 is 10.1 Å². The lowest BCUT2D eigenvalue weighted by Gasteiger charge is -2.10. The van der Waals surface area contributed by atoms with Crippen molar-refractivity contribution < 1.29 is 9.53 Å². The highest BCUT2D eigenvalue weighted by molar-refractivity contribution is 5.95. The van der Waals surface area contributed by atoms with Gasteiger partial charge in [-0.3, -0.25) is 4.79 Å². The zero-order valence-corrected chi connectivity index (χ0v) is 12.9. The highest BCUT2D eigenvalue weighted by Gasteiger charge is 2.11. The Morgan fingerprint density at radius 3 is 2.82 bits per heavy atom. The van der Waals surface area contributed by atoms with Gasteiger partial charge in [0.05, 0.1) is 6.54 Å². The summed E-state index contributed by atoms with van der Waals surface area (Å²) in [5.41, 5.74) is 4.56. The number of ether oxygens (including phenoxy) is 1. The minimum Gasteiger partial charge on any atom is -0.492 e. The number of aryl methyl sites for hydroxylation is 3. The lowest BCUT2D eigenvalue weighted by molar-refractivity contribution is 0.0946. The standard InChI is InChI=1S/C19H21NO2/c1-14-5-2-3-8-18(14)19(21)20-11-12-22-17-10-9-15-6-4-7-16(15)13-17/h2-3,5,8-10,13H,4,6-7,11-12H2,1H3,(H,20,21). The third-order valence-corrected chi connectivity index (χ3v) is 4.12. The van der Waals surface area contributed by atoms with Gasteiger partial charge in [0, 0.05) is 5.56 Å². The van der Waals surface area contributed by atoms with E-state index in [1.807, 2.05) is 37.3 Å². The molecule has 1 amide bonds. The predicted molar refractivity (Wildman–Crippen MR) is 87.5 cm³/mol. The second-order valence-electron chi connectivity index (χ2n) is 5.70. The summed E-state index contributed by atoms with van der Waals surface area (Å²) in [5, 5.41) is 2.90. The van der Waals surface area contributed by atoms with Gasteiger partial charge in [-0.05, 0) is 61.1 Å². The van der Waals surface area contributed by atoms with E-state index in [4.69, 9.17) is 4.74 Å². The van der Waals surface area contributed by atoms with Gasteiger partial charge in [0.2, 0.25) is 0 Å². The Morgan fingerprint density at radius 1 is 1.14 bits per heavy atom. The molecule has 0 saturated carbocycles. The SMILES string of the molecule is Cc1ccccc1C(=O)NCCOc1ccc2c(c1)CCC2. The van der Waals surface area contributed by atoms with Crippen molar-refractivity contribution in [2.75, 3.05) is 13.2 Å². The molecule has 0 fully saturated rings. The van der Waals surface area contributed by atoms with Crippen molar-refractivity contribution in [2.24, 2.45) is 0 Å². The Hall–Kier alpha value is -2.29. The molecule has 1 aliphatic carbocycles. The predicted octanol–water partition coefficient (Wildman–Crippen LogP) is 3.29. The van der Waals surface area contributed by atoms with E-state index in [2.05, 4.69) is 17.4 Å². The summed E-state index contributed by atoms with van der Waals surface area (Å²) in [7, 11) is 0. The van der Waals surface area contributed by atoms with E-state index < -0.39 is 0 Å². The third kappa shape index (κ3) is 3.30. The lowest BCUT2D eigenvalue weighted by Crippen LogP contribution is -2.28. The maximum atomic E-state index is 12.1. The van der Waals surface area contributed by atoms with E-state index in [1.165, 1.54) is 24.0 Å². The van der Waals surface area contributed by atoms with Crippen LogP contribution in [0.2, 0.25) is 0 Å². The molecule has 3 nitrogen and oxygen atoms in total. The Morgan fingerprint density at radius 2 is 1.95 bits per heavy atom. The zero-order chi connectivity index (χ0) is 15.4. The van der Waals surface area contributed by atoms with Crippen molar-refractivity contribution in [1.29, 1.82) is 0 Å². The van der Waals surface area contributed by atoms with Crippen LogP contribution in [0.1, 0.15) is 33.5 Å². The van der Waals surface area contributed by atoms with Gasteiger partial charge in [-0.25, -0.2) is 0 Å². The van der Waals surface area contributed by atoms with Crippen molar-refractivity contribution in [3.63, 3.8) is 0 Å². The van der Waals surface area contributed by atoms with Crippen LogP contribution < -0.4 is 10.1 Å². The van der Waals surface area contributed by atoms with Crippen LogP contribution in [-0.2, 0) is 12.8 Å². The monoisotopic (exact) mass is 295 g/mol. The molecule has 0 bridgehead atoms. The average molecular weight is 295 g/mol. The van der Waals surface area contributed by atoms with E-state index in [9.17, 15) is 4.79 Å². The second-order valence-corrected chi connectivity index (χ2v) is 5.70. The summed E-state index contributed by atoms with van der Waals surface area (Å²) in [6.45, 7) is 2.93. The van der Waals surface area contributed by atoms with Gasteiger partial charge in [-0.15, -0.1) is 0 Å². The molecule has 0 unspecified atom stereocenters. The molecule has 2 aromatic carbocycles. The van der Waals surface area contributed by atoms with Crippen molar-refractivity contribution in [3.8, 4) is 5.75 Å². The molecule has 3 heteroatoms. The maximum Gasteiger partial charge on any atom is 0.251 e. The molecule has 0 aliphatic heterocycles. The van der Waals surface area contributed by atoms with Crippen LogP contribution in [0.3, 0.4) is 0 Å². The van der Waals surface area contributed by atoms with Gasteiger partial charge >= 0.3 is 0 Å². The van der Waals surface area contributed by atoms with E-state index in [0.29, 0.717) is 13.2 Å². The Balaban J connectivity index is 1.48. The van der Waals surface area contributed by atoms with Crippen molar-refractivity contribution in [3.05, 3.63) is 64.7 Å². The van der Waals surface area contributed by atoms with Crippen LogP contribution in [0.4, 0.5) is 0 Å². The number of hydrogen-bond acceptors (Lipinski definition) is 2. The average Bonchev–Trinajstić information content (AvgIpc) is 2.99. The van der Waals surface area contributed by atoms with Crippen LogP contribution >= 0.6 is 0 Å². The molecule has 0 aromatic heterocycles. The van der Waals surface area contributed by atoms with E-state index >= 15 is 0 Å². The molecule has 1 N–H and O–H groups in total. The van der Waals surface area contributed by atoms with Crippen LogP contribution in [0.25, 0.3) is 0 Å². The van der Waals surface area contributed by atoms with E-state index in [1.54, 1.807) is 0 Å². The van der Waals surface area contributed by atoms with Crippen molar-refractivity contribution >= 4 is 5.91 Å². The van der Waals surface area contributed by atoms with E-state index in [0.717, 1.165) is 23.3 Å². The Bertz CT molecular complexity index is 679. The third-order valence-electron chi connectivity index (χ3n) is 4.12. The quantitative estimate of drug-likeness (QED) is 0.860. The van der Waals surface area contributed by atoms with Crippen molar-refractivity contribution in [2.45, 2.75) is 26.2 Å². The molecule has 0 atom stereocenters. The number of benzene rings is 2. The number of fused-ring (bicyclic) bond motifs is 1. The normalized spacial score (nSPS) is 12.8. The van der Waals surface area contributed by atoms with E-state index in [-0.39, 0.29) is 5.91 Å². The molecule has 0 saturated heterocycles. The molecule has 0 radical (unpaired) electrons. The highest BCUT2D eigenvalue weighted by atomic mass is 16.5. The molecule has 3 rings (SSSR count). The minimum absolute atomic E-state index is 0.0457. The van der Waals surface area contributed by atoms with Gasteiger partial charge in [0.15, 0.2) is 0 Å². The molecular formula is C19H21NO2. The summed E-state index contributed by atoms with van der Waals surface area (Å²) >= 11 is 0. The summed E-state index contributed by atoms with van der Waals surface area (Å²) in [6.07, 6.45) is 3.57. The molecule has 0 spiro atoms.